The summed E-state index contributed by atoms with van der Waals surface area (Å²) in [6.45, 7) is 0.580. The zero-order valence-electron chi connectivity index (χ0n) is 12.1. The molecule has 0 aliphatic carbocycles. The zero-order valence-corrected chi connectivity index (χ0v) is 12.1. The molecule has 0 amide bonds. The Hall–Kier alpha value is -2.40. The number of benzene rings is 2. The lowest BCUT2D eigenvalue weighted by molar-refractivity contribution is 0.367. The van der Waals surface area contributed by atoms with Crippen molar-refractivity contribution in [3.63, 3.8) is 0 Å². The predicted octanol–water partition coefficient (Wildman–Crippen LogP) is 2.54. The molecule has 0 aliphatic rings. The van der Waals surface area contributed by atoms with Crippen LogP contribution in [0.2, 0.25) is 0 Å². The Balaban J connectivity index is 1.95. The number of hydrogen-bond acceptors (Lipinski definition) is 5. The van der Waals surface area contributed by atoms with Crippen LogP contribution in [0, 0.1) is 0 Å². The molecule has 5 nitrogen and oxygen atoms in total. The Morgan fingerprint density at radius 1 is 1.24 bits per heavy atom. The first-order valence-corrected chi connectivity index (χ1v) is 6.82. The molecule has 21 heavy (non-hydrogen) atoms. The maximum Gasteiger partial charge on any atom is 0.240 e. The maximum atomic E-state index is 5.31. The van der Waals surface area contributed by atoms with Gasteiger partial charge in [-0.15, -0.1) is 0 Å². The Morgan fingerprint density at radius 2 is 2.14 bits per heavy atom. The topological polar surface area (TPSA) is 60.2 Å². The van der Waals surface area contributed by atoms with Crippen molar-refractivity contribution >= 4 is 10.8 Å². The molecule has 0 spiro atoms. The number of nitrogens with zero attached hydrogens (tertiary/aromatic N) is 2. The van der Waals surface area contributed by atoms with Gasteiger partial charge in [-0.2, -0.15) is 4.98 Å². The van der Waals surface area contributed by atoms with Crippen LogP contribution in [-0.2, 0) is 13.0 Å². The van der Waals surface area contributed by atoms with Crippen molar-refractivity contribution in [1.82, 2.24) is 15.5 Å². The summed E-state index contributed by atoms with van der Waals surface area (Å²) in [4.78, 5) is 4.37. The van der Waals surface area contributed by atoms with Crippen LogP contribution >= 0.6 is 0 Å². The minimum Gasteiger partial charge on any atom is -0.497 e. The average Bonchev–Trinajstić information content (AvgIpc) is 2.95. The summed E-state index contributed by atoms with van der Waals surface area (Å²) in [6.07, 6.45) is 0.637. The summed E-state index contributed by atoms with van der Waals surface area (Å²) in [5.41, 5.74) is 1.16. The van der Waals surface area contributed by atoms with Gasteiger partial charge in [-0.05, 0) is 35.5 Å². The van der Waals surface area contributed by atoms with E-state index in [1.165, 1.54) is 5.39 Å². The number of hydrogen-bond donors (Lipinski definition) is 1. The summed E-state index contributed by atoms with van der Waals surface area (Å²) < 4.78 is 10.5. The molecule has 1 heterocycles. The maximum absolute atomic E-state index is 5.31. The Morgan fingerprint density at radius 3 is 2.95 bits per heavy atom. The van der Waals surface area contributed by atoms with E-state index in [4.69, 9.17) is 9.26 Å². The van der Waals surface area contributed by atoms with Gasteiger partial charge >= 0.3 is 0 Å². The molecule has 0 aliphatic heterocycles. The molecule has 3 rings (SSSR count). The van der Waals surface area contributed by atoms with Crippen LogP contribution in [0.4, 0.5) is 0 Å². The van der Waals surface area contributed by atoms with Crippen LogP contribution in [0.3, 0.4) is 0 Å². The van der Waals surface area contributed by atoms with E-state index < -0.39 is 0 Å². The van der Waals surface area contributed by atoms with Crippen LogP contribution in [-0.4, -0.2) is 24.3 Å². The van der Waals surface area contributed by atoms with Crippen LogP contribution < -0.4 is 10.1 Å². The first-order chi connectivity index (χ1) is 10.3. The normalized spacial score (nSPS) is 11.0. The van der Waals surface area contributed by atoms with Crippen molar-refractivity contribution in [2.45, 2.75) is 13.0 Å². The van der Waals surface area contributed by atoms with Crippen molar-refractivity contribution in [1.29, 1.82) is 0 Å². The van der Waals surface area contributed by atoms with Gasteiger partial charge < -0.3 is 14.6 Å². The molecule has 0 saturated carbocycles. The number of rotatable bonds is 5. The lowest BCUT2D eigenvalue weighted by Crippen LogP contribution is -2.05. The highest BCUT2D eigenvalue weighted by Gasteiger charge is 2.09. The molecule has 0 unspecified atom stereocenters. The fraction of sp³-hybridized carbons (Fsp3) is 0.250. The lowest BCUT2D eigenvalue weighted by atomic mass is 10.0. The monoisotopic (exact) mass is 283 g/mol. The van der Waals surface area contributed by atoms with E-state index in [1.807, 2.05) is 25.2 Å². The minimum absolute atomic E-state index is 0.580. The smallest absolute Gasteiger partial charge is 0.240 e. The van der Waals surface area contributed by atoms with E-state index in [-0.39, 0.29) is 0 Å². The molecule has 108 valence electrons. The number of aromatic nitrogens is 2. The summed E-state index contributed by atoms with van der Waals surface area (Å²) in [7, 11) is 3.52. The van der Waals surface area contributed by atoms with Gasteiger partial charge in [0.15, 0.2) is 5.82 Å². The second-order valence-corrected chi connectivity index (χ2v) is 4.82. The molecule has 3 aromatic rings. The highest BCUT2D eigenvalue weighted by atomic mass is 16.5. The number of nitrogens with one attached hydrogen (secondary N) is 1. The fourth-order valence-corrected chi connectivity index (χ4v) is 2.35. The van der Waals surface area contributed by atoms with Crippen molar-refractivity contribution in [3.05, 3.63) is 53.7 Å². The van der Waals surface area contributed by atoms with E-state index in [2.05, 4.69) is 33.7 Å². The van der Waals surface area contributed by atoms with E-state index in [0.29, 0.717) is 24.7 Å². The standard InChI is InChI=1S/C16H17N3O2/c1-17-10-16-18-15(19-21-16)8-12-5-3-4-11-6-7-13(20-2)9-14(11)12/h3-7,9,17H,8,10H2,1-2H3. The third-order valence-electron chi connectivity index (χ3n) is 3.37. The quantitative estimate of drug-likeness (QED) is 0.779. The Kier molecular flexibility index (Phi) is 3.83. The highest BCUT2D eigenvalue weighted by Crippen LogP contribution is 2.25. The van der Waals surface area contributed by atoms with Crippen molar-refractivity contribution in [2.75, 3.05) is 14.2 Å². The van der Waals surface area contributed by atoms with Crippen LogP contribution in [0.15, 0.2) is 40.9 Å². The molecule has 0 saturated heterocycles. The van der Waals surface area contributed by atoms with Gasteiger partial charge in [-0.3, -0.25) is 0 Å². The van der Waals surface area contributed by atoms with Crippen molar-refractivity contribution in [2.24, 2.45) is 0 Å². The Bertz CT molecular complexity index is 752. The number of fused-ring (bicyclic) bond motifs is 1. The van der Waals surface area contributed by atoms with Gasteiger partial charge in [0, 0.05) is 6.42 Å². The van der Waals surface area contributed by atoms with Gasteiger partial charge in [0.25, 0.3) is 0 Å². The molecule has 1 N–H and O–H groups in total. The molecule has 2 aromatic carbocycles. The van der Waals surface area contributed by atoms with E-state index in [9.17, 15) is 0 Å². The van der Waals surface area contributed by atoms with Gasteiger partial charge in [-0.1, -0.05) is 29.4 Å². The molecule has 1 aromatic heterocycles. The largest absolute Gasteiger partial charge is 0.497 e. The number of methoxy groups -OCH3 is 1. The summed E-state index contributed by atoms with van der Waals surface area (Å²) >= 11 is 0. The predicted molar refractivity (Wildman–Crippen MR) is 80.4 cm³/mol. The van der Waals surface area contributed by atoms with Crippen molar-refractivity contribution in [3.8, 4) is 5.75 Å². The fourth-order valence-electron chi connectivity index (χ4n) is 2.35. The van der Waals surface area contributed by atoms with E-state index >= 15 is 0 Å². The van der Waals surface area contributed by atoms with E-state index in [0.717, 1.165) is 16.7 Å². The summed E-state index contributed by atoms with van der Waals surface area (Å²) in [5, 5.41) is 9.34. The minimum atomic E-state index is 0.580. The molecule has 0 atom stereocenters. The second kappa shape index (κ2) is 5.93. The van der Waals surface area contributed by atoms with Crippen LogP contribution in [0.25, 0.3) is 10.8 Å². The highest BCUT2D eigenvalue weighted by molar-refractivity contribution is 5.87. The third-order valence-corrected chi connectivity index (χ3v) is 3.37. The first-order valence-electron chi connectivity index (χ1n) is 6.82. The number of ether oxygens (including phenoxy) is 1. The average molecular weight is 283 g/mol. The summed E-state index contributed by atoms with van der Waals surface area (Å²) in [5.74, 6) is 2.14. The van der Waals surface area contributed by atoms with Gasteiger partial charge in [0.1, 0.15) is 5.75 Å². The molecular weight excluding hydrogens is 266 g/mol. The summed E-state index contributed by atoms with van der Waals surface area (Å²) in [6, 6.07) is 12.3. The van der Waals surface area contributed by atoms with Crippen molar-refractivity contribution < 1.29 is 9.26 Å². The Labute approximate surface area is 122 Å². The molecule has 0 fully saturated rings. The molecule has 5 heteroatoms. The van der Waals surface area contributed by atoms with Gasteiger partial charge in [0.2, 0.25) is 5.89 Å². The second-order valence-electron chi connectivity index (χ2n) is 4.82. The lowest BCUT2D eigenvalue weighted by Gasteiger charge is -2.06. The third kappa shape index (κ3) is 2.87. The van der Waals surface area contributed by atoms with Gasteiger partial charge in [-0.25, -0.2) is 0 Å². The molecular formula is C16H17N3O2. The van der Waals surface area contributed by atoms with Gasteiger partial charge in [0.05, 0.1) is 13.7 Å². The van der Waals surface area contributed by atoms with E-state index in [1.54, 1.807) is 7.11 Å². The molecule has 0 radical (unpaired) electrons. The van der Waals surface area contributed by atoms with Crippen LogP contribution in [0.5, 0.6) is 5.75 Å². The zero-order chi connectivity index (χ0) is 14.7. The molecule has 0 bridgehead atoms. The first kappa shape index (κ1) is 13.6. The van der Waals surface area contributed by atoms with Crippen LogP contribution in [0.1, 0.15) is 17.3 Å². The SMILES string of the molecule is CNCc1nc(Cc2cccc3ccc(OC)cc23)no1.